The van der Waals surface area contributed by atoms with Gasteiger partial charge in [-0.25, -0.2) is 8.42 Å². The number of hydrogen-bond acceptors (Lipinski definition) is 5. The summed E-state index contributed by atoms with van der Waals surface area (Å²) >= 11 is 0. The predicted octanol–water partition coefficient (Wildman–Crippen LogP) is 1.52. The van der Waals surface area contributed by atoms with E-state index in [1.807, 2.05) is 13.0 Å². The van der Waals surface area contributed by atoms with Crippen LogP contribution < -0.4 is 5.73 Å². The lowest BCUT2D eigenvalue weighted by molar-refractivity contribution is -0.384. The minimum absolute atomic E-state index is 0.0525. The number of rotatable bonds is 3. The number of nitrogen functional groups attached to an aromatic ring is 1. The molecule has 0 radical (unpaired) electrons. The first-order valence-corrected chi connectivity index (χ1v) is 7.46. The lowest BCUT2D eigenvalue weighted by Crippen LogP contribution is -2.34. The molecule has 0 unspecified atom stereocenters. The molecule has 7 nitrogen and oxygen atoms in total. The van der Waals surface area contributed by atoms with Gasteiger partial charge < -0.3 is 5.73 Å². The SMILES string of the molecule is CC1=CCN(S(=O)(=O)c2ccc(N)c([N+](=O)[O-])c2)CC1. The molecule has 0 atom stereocenters. The van der Waals surface area contributed by atoms with Gasteiger partial charge in [0.05, 0.1) is 9.82 Å². The molecule has 0 aliphatic carbocycles. The third-order valence-electron chi connectivity index (χ3n) is 3.24. The van der Waals surface area contributed by atoms with Crippen molar-refractivity contribution in [1.82, 2.24) is 4.31 Å². The molecule has 1 heterocycles. The number of nitro groups is 1. The Balaban J connectivity index is 2.40. The maximum atomic E-state index is 12.4. The Hall–Kier alpha value is -1.93. The van der Waals surface area contributed by atoms with Crippen molar-refractivity contribution < 1.29 is 13.3 Å². The highest BCUT2D eigenvalue weighted by Gasteiger charge is 2.27. The van der Waals surface area contributed by atoms with Gasteiger partial charge in [0, 0.05) is 19.2 Å². The van der Waals surface area contributed by atoms with Crippen molar-refractivity contribution in [3.63, 3.8) is 0 Å². The fraction of sp³-hybridized carbons (Fsp3) is 0.333. The summed E-state index contributed by atoms with van der Waals surface area (Å²) in [7, 11) is -3.73. The lowest BCUT2D eigenvalue weighted by Gasteiger charge is -2.24. The molecule has 1 aliphatic rings. The third kappa shape index (κ3) is 2.66. The minimum atomic E-state index is -3.73. The first-order chi connectivity index (χ1) is 9.32. The van der Waals surface area contributed by atoms with E-state index in [2.05, 4.69) is 0 Å². The number of sulfonamides is 1. The van der Waals surface area contributed by atoms with E-state index in [1.54, 1.807) is 0 Å². The minimum Gasteiger partial charge on any atom is -0.393 e. The van der Waals surface area contributed by atoms with Crippen molar-refractivity contribution in [2.24, 2.45) is 0 Å². The fourth-order valence-corrected chi connectivity index (χ4v) is 3.36. The second-order valence-corrected chi connectivity index (χ2v) is 6.58. The highest BCUT2D eigenvalue weighted by atomic mass is 32.2. The number of hydrogen-bond donors (Lipinski definition) is 1. The van der Waals surface area contributed by atoms with Crippen LogP contribution in [0.1, 0.15) is 13.3 Å². The van der Waals surface area contributed by atoms with Gasteiger partial charge in [-0.2, -0.15) is 4.31 Å². The first kappa shape index (κ1) is 14.5. The van der Waals surface area contributed by atoms with Gasteiger partial charge in [0.2, 0.25) is 10.0 Å². The zero-order valence-corrected chi connectivity index (χ0v) is 11.8. The number of nitrogens with two attached hydrogens (primary N) is 1. The second-order valence-electron chi connectivity index (χ2n) is 4.64. The zero-order chi connectivity index (χ0) is 14.9. The first-order valence-electron chi connectivity index (χ1n) is 6.02. The van der Waals surface area contributed by atoms with Crippen LogP contribution in [0, 0.1) is 10.1 Å². The maximum absolute atomic E-state index is 12.4. The molecule has 1 aromatic rings. The molecule has 0 bridgehead atoms. The summed E-state index contributed by atoms with van der Waals surface area (Å²) in [6.45, 7) is 2.60. The maximum Gasteiger partial charge on any atom is 0.293 e. The molecule has 0 saturated heterocycles. The van der Waals surface area contributed by atoms with Crippen LogP contribution >= 0.6 is 0 Å². The van der Waals surface area contributed by atoms with Gasteiger partial charge in [0.25, 0.3) is 5.69 Å². The largest absolute Gasteiger partial charge is 0.393 e. The molecule has 0 fully saturated rings. The molecule has 0 amide bonds. The van der Waals surface area contributed by atoms with E-state index < -0.39 is 20.6 Å². The van der Waals surface area contributed by atoms with E-state index in [1.165, 1.54) is 16.4 Å². The molecular formula is C12H15N3O4S. The Morgan fingerprint density at radius 2 is 2.10 bits per heavy atom. The molecular weight excluding hydrogens is 282 g/mol. The summed E-state index contributed by atoms with van der Waals surface area (Å²) < 4.78 is 26.1. The van der Waals surface area contributed by atoms with E-state index in [0.717, 1.165) is 11.6 Å². The third-order valence-corrected chi connectivity index (χ3v) is 5.10. The quantitative estimate of drug-likeness (QED) is 0.394. The van der Waals surface area contributed by atoms with Gasteiger partial charge in [-0.05, 0) is 25.5 Å². The monoisotopic (exact) mass is 297 g/mol. The Labute approximate surface area is 116 Å². The normalized spacial score (nSPS) is 16.8. The van der Waals surface area contributed by atoms with Crippen LogP contribution in [-0.4, -0.2) is 30.7 Å². The van der Waals surface area contributed by atoms with E-state index in [4.69, 9.17) is 5.73 Å². The average molecular weight is 297 g/mol. The molecule has 2 N–H and O–H groups in total. The molecule has 0 aromatic heterocycles. The molecule has 8 heteroatoms. The van der Waals surface area contributed by atoms with Crippen molar-refractivity contribution in [3.05, 3.63) is 40.0 Å². The number of nitrogens with zero attached hydrogens (tertiary/aromatic N) is 2. The van der Waals surface area contributed by atoms with Gasteiger partial charge in [-0.15, -0.1) is 0 Å². The smallest absolute Gasteiger partial charge is 0.293 e. The van der Waals surface area contributed by atoms with Gasteiger partial charge in [-0.1, -0.05) is 11.6 Å². The topological polar surface area (TPSA) is 107 Å². The van der Waals surface area contributed by atoms with Crippen LogP contribution in [0.4, 0.5) is 11.4 Å². The molecule has 108 valence electrons. The highest BCUT2D eigenvalue weighted by Crippen LogP contribution is 2.27. The van der Waals surface area contributed by atoms with Gasteiger partial charge >= 0.3 is 0 Å². The summed E-state index contributed by atoms with van der Waals surface area (Å²) in [5.74, 6) is 0. The Kier molecular flexibility index (Phi) is 3.78. The molecule has 0 spiro atoms. The highest BCUT2D eigenvalue weighted by molar-refractivity contribution is 7.89. The van der Waals surface area contributed by atoms with E-state index >= 15 is 0 Å². The van der Waals surface area contributed by atoms with Crippen LogP contribution in [0.3, 0.4) is 0 Å². The summed E-state index contributed by atoms with van der Waals surface area (Å²) in [5.41, 5.74) is 6.16. The number of nitro benzene ring substituents is 1. The van der Waals surface area contributed by atoms with Crippen LogP contribution in [0.2, 0.25) is 0 Å². The Morgan fingerprint density at radius 1 is 1.40 bits per heavy atom. The molecule has 20 heavy (non-hydrogen) atoms. The van der Waals surface area contributed by atoms with Crippen LogP contribution in [0.15, 0.2) is 34.7 Å². The second kappa shape index (κ2) is 5.22. The van der Waals surface area contributed by atoms with Crippen LogP contribution in [-0.2, 0) is 10.0 Å². The van der Waals surface area contributed by atoms with Crippen molar-refractivity contribution >= 4 is 21.4 Å². The Bertz CT molecular complexity index is 682. The van der Waals surface area contributed by atoms with Crippen LogP contribution in [0.25, 0.3) is 0 Å². The van der Waals surface area contributed by atoms with E-state index in [9.17, 15) is 18.5 Å². The van der Waals surface area contributed by atoms with Gasteiger partial charge in [0.15, 0.2) is 0 Å². The fourth-order valence-electron chi connectivity index (χ4n) is 1.96. The van der Waals surface area contributed by atoms with Crippen LogP contribution in [0.5, 0.6) is 0 Å². The standard InChI is InChI=1S/C12H15N3O4S/c1-9-4-6-14(7-5-9)20(18,19)10-2-3-11(13)12(8-10)15(16)17/h2-4,8H,5-7,13H2,1H3. The van der Waals surface area contributed by atoms with Gasteiger partial charge in [-0.3, -0.25) is 10.1 Å². The number of benzene rings is 1. The molecule has 1 aliphatic heterocycles. The Morgan fingerprint density at radius 3 is 2.65 bits per heavy atom. The van der Waals surface area contributed by atoms with Crippen molar-refractivity contribution in [2.45, 2.75) is 18.2 Å². The molecule has 1 aromatic carbocycles. The summed E-state index contributed by atoms with van der Waals surface area (Å²) in [4.78, 5) is 10.0. The van der Waals surface area contributed by atoms with Crippen molar-refractivity contribution in [3.8, 4) is 0 Å². The molecule has 0 saturated carbocycles. The zero-order valence-electron chi connectivity index (χ0n) is 10.9. The van der Waals surface area contributed by atoms with E-state index in [0.29, 0.717) is 13.0 Å². The van der Waals surface area contributed by atoms with E-state index in [-0.39, 0.29) is 17.1 Å². The van der Waals surface area contributed by atoms with Gasteiger partial charge in [0.1, 0.15) is 5.69 Å². The molecule has 2 rings (SSSR count). The average Bonchev–Trinajstić information content (AvgIpc) is 2.39. The predicted molar refractivity (Wildman–Crippen MR) is 74.6 cm³/mol. The summed E-state index contributed by atoms with van der Waals surface area (Å²) in [6.07, 6.45) is 2.50. The van der Waals surface area contributed by atoms with Crippen molar-refractivity contribution in [2.75, 3.05) is 18.8 Å². The summed E-state index contributed by atoms with van der Waals surface area (Å²) in [6, 6.07) is 3.55. The summed E-state index contributed by atoms with van der Waals surface area (Å²) in [5, 5.41) is 10.8. The van der Waals surface area contributed by atoms with Crippen molar-refractivity contribution in [1.29, 1.82) is 0 Å². The number of anilines is 1. The lowest BCUT2D eigenvalue weighted by atomic mass is 10.1.